The number of oxazole rings is 1. The molecule has 0 amide bonds. The number of hydrogen-bond donors (Lipinski definition) is 1. The van der Waals surface area contributed by atoms with Crippen molar-refractivity contribution in [3.8, 4) is 0 Å². The van der Waals surface area contributed by atoms with Crippen LogP contribution in [-0.2, 0) is 0 Å². The van der Waals surface area contributed by atoms with Crippen LogP contribution in [0.4, 0.5) is 20.2 Å². The zero-order chi connectivity index (χ0) is 15.6. The number of non-ortho nitro benzene ring substituents is 1. The Balaban J connectivity index is 2.28. The molecule has 8 heteroatoms. The van der Waals surface area contributed by atoms with Crippen LogP contribution in [-0.4, -0.2) is 9.91 Å². The zero-order valence-electron chi connectivity index (χ0n) is 11.3. The Bertz CT molecular complexity index is 658. The molecule has 0 aliphatic rings. The van der Waals surface area contributed by atoms with Crippen LogP contribution >= 0.6 is 0 Å². The minimum Gasteiger partial charge on any atom is -0.444 e. The molecule has 0 saturated heterocycles. The number of halogens is 2. The Kier molecular flexibility index (Phi) is 4.15. The van der Waals surface area contributed by atoms with Gasteiger partial charge >= 0.3 is 0 Å². The lowest BCUT2D eigenvalue weighted by Gasteiger charge is -2.15. The van der Waals surface area contributed by atoms with E-state index in [-0.39, 0.29) is 11.4 Å². The number of aromatic nitrogens is 1. The molecule has 2 rings (SSSR count). The van der Waals surface area contributed by atoms with Gasteiger partial charge in [-0.05, 0) is 19.9 Å². The number of rotatable bonds is 5. The number of alkyl halides is 2. The summed E-state index contributed by atoms with van der Waals surface area (Å²) in [5.74, 6) is 0.961. The Morgan fingerprint density at radius 3 is 2.67 bits per heavy atom. The summed E-state index contributed by atoms with van der Waals surface area (Å²) in [5.41, 5.74) is -0.700. The molecular weight excluding hydrogens is 284 g/mol. The number of nitro groups is 1. The van der Waals surface area contributed by atoms with E-state index in [0.717, 1.165) is 6.07 Å². The first-order valence-electron chi connectivity index (χ1n) is 6.14. The van der Waals surface area contributed by atoms with Gasteiger partial charge in [-0.25, -0.2) is 13.8 Å². The first kappa shape index (κ1) is 14.9. The fourth-order valence-electron chi connectivity index (χ4n) is 1.84. The van der Waals surface area contributed by atoms with Crippen molar-refractivity contribution in [2.24, 2.45) is 0 Å². The van der Waals surface area contributed by atoms with Gasteiger partial charge in [0.25, 0.3) is 12.1 Å². The van der Waals surface area contributed by atoms with Crippen molar-refractivity contribution in [2.45, 2.75) is 26.3 Å². The second-order valence-corrected chi connectivity index (χ2v) is 4.50. The van der Waals surface area contributed by atoms with E-state index in [9.17, 15) is 18.9 Å². The van der Waals surface area contributed by atoms with Gasteiger partial charge in [-0.15, -0.1) is 0 Å². The first-order valence-corrected chi connectivity index (χ1v) is 6.14. The molecule has 1 N–H and O–H groups in total. The lowest BCUT2D eigenvalue weighted by Crippen LogP contribution is -2.09. The highest BCUT2D eigenvalue weighted by Gasteiger charge is 2.20. The average Bonchev–Trinajstić information content (AvgIpc) is 2.85. The molecule has 0 radical (unpaired) electrons. The normalized spacial score (nSPS) is 12.4. The van der Waals surface area contributed by atoms with Crippen molar-refractivity contribution in [1.82, 2.24) is 4.98 Å². The van der Waals surface area contributed by atoms with Crippen molar-refractivity contribution < 1.29 is 18.1 Å². The SMILES string of the molecule is Cc1cnc(C(C)Nc2ccc([N+](=O)[O-])cc2C(F)F)o1. The summed E-state index contributed by atoms with van der Waals surface area (Å²) in [6.07, 6.45) is -1.30. The van der Waals surface area contributed by atoms with Crippen molar-refractivity contribution in [3.63, 3.8) is 0 Å². The molecule has 0 aliphatic heterocycles. The lowest BCUT2D eigenvalue weighted by molar-refractivity contribution is -0.385. The zero-order valence-corrected chi connectivity index (χ0v) is 11.3. The summed E-state index contributed by atoms with van der Waals surface area (Å²) in [6.45, 7) is 3.42. The standard InChI is InChI=1S/C13H13F2N3O3/c1-7-6-16-13(21-7)8(2)17-11-4-3-9(18(19)20)5-10(11)12(14)15/h3-6,8,12,17H,1-2H3. The molecule has 21 heavy (non-hydrogen) atoms. The third kappa shape index (κ3) is 3.33. The van der Waals surface area contributed by atoms with E-state index in [4.69, 9.17) is 4.42 Å². The summed E-state index contributed by atoms with van der Waals surface area (Å²) in [6, 6.07) is 2.84. The molecule has 1 atom stereocenters. The van der Waals surface area contributed by atoms with E-state index in [1.54, 1.807) is 13.8 Å². The quantitative estimate of drug-likeness (QED) is 0.666. The maximum atomic E-state index is 13.0. The van der Waals surface area contributed by atoms with Crippen molar-refractivity contribution >= 4 is 11.4 Å². The molecule has 6 nitrogen and oxygen atoms in total. The number of anilines is 1. The van der Waals surface area contributed by atoms with Crippen molar-refractivity contribution in [3.05, 3.63) is 51.7 Å². The van der Waals surface area contributed by atoms with Crippen LogP contribution in [0.25, 0.3) is 0 Å². The summed E-state index contributed by atoms with van der Waals surface area (Å²) < 4.78 is 31.4. The second-order valence-electron chi connectivity index (χ2n) is 4.50. The summed E-state index contributed by atoms with van der Waals surface area (Å²) in [5, 5.41) is 13.5. The number of benzene rings is 1. The average molecular weight is 297 g/mol. The first-order chi connectivity index (χ1) is 9.88. The molecule has 1 heterocycles. The maximum Gasteiger partial charge on any atom is 0.270 e. The Hall–Kier alpha value is -2.51. The minimum atomic E-state index is -2.83. The molecule has 0 aliphatic carbocycles. The molecule has 112 valence electrons. The second kappa shape index (κ2) is 5.86. The van der Waals surface area contributed by atoms with E-state index in [1.165, 1.54) is 18.3 Å². The van der Waals surface area contributed by atoms with Gasteiger partial charge in [0, 0.05) is 23.4 Å². The Morgan fingerprint density at radius 1 is 1.43 bits per heavy atom. The molecular formula is C13H13F2N3O3. The monoisotopic (exact) mass is 297 g/mol. The third-order valence-electron chi connectivity index (χ3n) is 2.86. The highest BCUT2D eigenvalue weighted by Crippen LogP contribution is 2.32. The molecule has 0 bridgehead atoms. The Morgan fingerprint density at radius 2 is 2.14 bits per heavy atom. The van der Waals surface area contributed by atoms with Gasteiger partial charge in [0.1, 0.15) is 11.8 Å². The largest absolute Gasteiger partial charge is 0.444 e. The highest BCUT2D eigenvalue weighted by atomic mass is 19.3. The number of nitrogens with one attached hydrogen (secondary N) is 1. The van der Waals surface area contributed by atoms with Crippen LogP contribution in [0.5, 0.6) is 0 Å². The number of aryl methyl sites for hydroxylation is 1. The van der Waals surface area contributed by atoms with Gasteiger partial charge in [-0.2, -0.15) is 0 Å². The molecule has 0 fully saturated rings. The summed E-state index contributed by atoms with van der Waals surface area (Å²) >= 11 is 0. The van der Waals surface area contributed by atoms with Crippen molar-refractivity contribution in [1.29, 1.82) is 0 Å². The maximum absolute atomic E-state index is 13.0. The van der Waals surface area contributed by atoms with Gasteiger partial charge in [0.15, 0.2) is 0 Å². The van der Waals surface area contributed by atoms with Gasteiger partial charge in [0.05, 0.1) is 11.1 Å². The van der Waals surface area contributed by atoms with Gasteiger partial charge in [-0.1, -0.05) is 0 Å². The number of nitro benzene ring substituents is 1. The van der Waals surface area contributed by atoms with E-state index >= 15 is 0 Å². The Labute approximate surface area is 118 Å². The van der Waals surface area contributed by atoms with Crippen LogP contribution in [0, 0.1) is 17.0 Å². The molecule has 0 saturated carbocycles. The number of hydrogen-bond acceptors (Lipinski definition) is 5. The highest BCUT2D eigenvalue weighted by molar-refractivity contribution is 5.57. The van der Waals surface area contributed by atoms with E-state index < -0.39 is 23.0 Å². The smallest absolute Gasteiger partial charge is 0.270 e. The molecule has 1 aromatic carbocycles. The number of nitrogens with zero attached hydrogens (tertiary/aromatic N) is 2. The fraction of sp³-hybridized carbons (Fsp3) is 0.308. The summed E-state index contributed by atoms with van der Waals surface area (Å²) in [4.78, 5) is 13.9. The molecule has 1 unspecified atom stereocenters. The van der Waals surface area contributed by atoms with Gasteiger partial charge < -0.3 is 9.73 Å². The van der Waals surface area contributed by atoms with Crippen LogP contribution in [0.15, 0.2) is 28.8 Å². The van der Waals surface area contributed by atoms with E-state index in [2.05, 4.69) is 10.3 Å². The van der Waals surface area contributed by atoms with E-state index in [0.29, 0.717) is 11.7 Å². The van der Waals surface area contributed by atoms with E-state index in [1.807, 2.05) is 0 Å². The molecule has 1 aromatic heterocycles. The van der Waals surface area contributed by atoms with Crippen LogP contribution in [0.1, 0.15) is 36.6 Å². The predicted molar refractivity (Wildman–Crippen MR) is 71.3 cm³/mol. The third-order valence-corrected chi connectivity index (χ3v) is 2.86. The predicted octanol–water partition coefficient (Wildman–Crippen LogP) is 4.00. The lowest BCUT2D eigenvalue weighted by atomic mass is 10.1. The minimum absolute atomic E-state index is 0.110. The van der Waals surface area contributed by atoms with Gasteiger partial charge in [0.2, 0.25) is 5.89 Å². The molecule has 2 aromatic rings. The van der Waals surface area contributed by atoms with Crippen LogP contribution < -0.4 is 5.32 Å². The topological polar surface area (TPSA) is 81.2 Å². The summed E-state index contributed by atoms with van der Waals surface area (Å²) in [7, 11) is 0. The van der Waals surface area contributed by atoms with Crippen molar-refractivity contribution in [2.75, 3.05) is 5.32 Å². The van der Waals surface area contributed by atoms with Crippen LogP contribution in [0.2, 0.25) is 0 Å². The fourth-order valence-corrected chi connectivity index (χ4v) is 1.84. The molecule has 0 spiro atoms. The van der Waals surface area contributed by atoms with Crippen LogP contribution in [0.3, 0.4) is 0 Å². The van der Waals surface area contributed by atoms with Gasteiger partial charge in [-0.3, -0.25) is 10.1 Å².